The minimum absolute atomic E-state index is 0.302. The fourth-order valence-electron chi connectivity index (χ4n) is 1.60. The maximum absolute atomic E-state index is 13.7. The lowest BCUT2D eigenvalue weighted by atomic mass is 10.0. The summed E-state index contributed by atoms with van der Waals surface area (Å²) in [6.45, 7) is 0. The largest absolute Gasteiger partial charge is 0.496 e. The molecule has 0 aliphatic rings. The Morgan fingerprint density at radius 1 is 1.06 bits per heavy atom. The van der Waals surface area contributed by atoms with Crippen molar-refractivity contribution in [2.75, 3.05) is 12.8 Å². The lowest BCUT2D eigenvalue weighted by molar-refractivity contribution is 0.413. The molecule has 0 saturated heterocycles. The summed E-state index contributed by atoms with van der Waals surface area (Å²) in [5.41, 5.74) is 7.46. The van der Waals surface area contributed by atoms with E-state index in [9.17, 15) is 4.39 Å². The highest BCUT2D eigenvalue weighted by Crippen LogP contribution is 2.32. The molecule has 0 fully saturated rings. The van der Waals surface area contributed by atoms with Crippen LogP contribution in [-0.2, 0) is 0 Å². The molecule has 2 N–H and O–H groups in total. The smallest absolute Gasteiger partial charge is 0.134 e. The molecule has 0 spiro atoms. The Kier molecular flexibility index (Phi) is 2.77. The van der Waals surface area contributed by atoms with Gasteiger partial charge in [-0.05, 0) is 29.8 Å². The summed E-state index contributed by atoms with van der Waals surface area (Å²) in [5, 5.41) is 0. The molecule has 2 aromatic carbocycles. The van der Waals surface area contributed by atoms with Crippen LogP contribution in [0.25, 0.3) is 11.1 Å². The van der Waals surface area contributed by atoms with Gasteiger partial charge in [0.25, 0.3) is 0 Å². The van der Waals surface area contributed by atoms with Crippen molar-refractivity contribution in [1.29, 1.82) is 0 Å². The Balaban J connectivity index is 2.58. The van der Waals surface area contributed by atoms with Gasteiger partial charge in [-0.1, -0.05) is 18.2 Å². The molecule has 0 heterocycles. The number of ether oxygens (including phenoxy) is 1. The third-order valence-corrected chi connectivity index (χ3v) is 2.39. The molecule has 0 amide bonds. The van der Waals surface area contributed by atoms with Crippen LogP contribution in [0.3, 0.4) is 0 Å². The van der Waals surface area contributed by atoms with Gasteiger partial charge in [0, 0.05) is 5.69 Å². The Morgan fingerprint density at radius 2 is 1.75 bits per heavy atom. The normalized spacial score (nSPS) is 10.1. The van der Waals surface area contributed by atoms with Gasteiger partial charge >= 0.3 is 0 Å². The molecule has 2 aromatic rings. The van der Waals surface area contributed by atoms with Crippen molar-refractivity contribution in [3.8, 4) is 16.9 Å². The summed E-state index contributed by atoms with van der Waals surface area (Å²) < 4.78 is 18.9. The number of benzene rings is 2. The second-order valence-electron chi connectivity index (χ2n) is 3.44. The number of nitrogen functional groups attached to an aromatic ring is 1. The summed E-state index contributed by atoms with van der Waals surface area (Å²) in [7, 11) is 1.52. The Hall–Kier alpha value is -2.03. The molecule has 0 unspecified atom stereocenters. The van der Waals surface area contributed by atoms with Crippen LogP contribution in [0.4, 0.5) is 10.1 Å². The van der Waals surface area contributed by atoms with Crippen LogP contribution in [0.5, 0.6) is 5.75 Å². The van der Waals surface area contributed by atoms with E-state index < -0.39 is 0 Å². The molecule has 0 radical (unpaired) electrons. The number of methoxy groups -OCH3 is 1. The lowest BCUT2D eigenvalue weighted by Crippen LogP contribution is -1.92. The van der Waals surface area contributed by atoms with Crippen molar-refractivity contribution in [1.82, 2.24) is 0 Å². The fourth-order valence-corrected chi connectivity index (χ4v) is 1.60. The molecule has 82 valence electrons. The number of hydrogen-bond acceptors (Lipinski definition) is 2. The zero-order valence-corrected chi connectivity index (χ0v) is 8.91. The molecule has 0 bridgehead atoms. The summed E-state index contributed by atoms with van der Waals surface area (Å²) in [6, 6.07) is 11.8. The standard InChI is InChI=1S/C13H12FNO/c1-16-12-4-2-3-11(14)13(12)9-5-7-10(15)8-6-9/h2-8H,15H2,1H3. The van der Waals surface area contributed by atoms with Gasteiger partial charge in [-0.3, -0.25) is 0 Å². The van der Waals surface area contributed by atoms with Crippen LogP contribution in [0.15, 0.2) is 42.5 Å². The van der Waals surface area contributed by atoms with Gasteiger partial charge in [0.2, 0.25) is 0 Å². The fraction of sp³-hybridized carbons (Fsp3) is 0.0769. The first kappa shape index (κ1) is 10.5. The maximum atomic E-state index is 13.7. The van der Waals surface area contributed by atoms with Crippen molar-refractivity contribution in [2.45, 2.75) is 0 Å². The van der Waals surface area contributed by atoms with Crippen LogP contribution in [0, 0.1) is 5.82 Å². The third kappa shape index (κ3) is 1.84. The summed E-state index contributed by atoms with van der Waals surface area (Å²) in [6.07, 6.45) is 0. The average Bonchev–Trinajstić information content (AvgIpc) is 2.30. The molecule has 0 aliphatic carbocycles. The maximum Gasteiger partial charge on any atom is 0.134 e. The SMILES string of the molecule is COc1cccc(F)c1-c1ccc(N)cc1. The van der Waals surface area contributed by atoms with E-state index in [2.05, 4.69) is 0 Å². The molecular weight excluding hydrogens is 205 g/mol. The highest BCUT2D eigenvalue weighted by atomic mass is 19.1. The molecule has 0 aromatic heterocycles. The molecule has 3 heteroatoms. The second-order valence-corrected chi connectivity index (χ2v) is 3.44. The molecule has 16 heavy (non-hydrogen) atoms. The lowest BCUT2D eigenvalue weighted by Gasteiger charge is -2.09. The zero-order valence-electron chi connectivity index (χ0n) is 8.91. The van der Waals surface area contributed by atoms with E-state index in [1.807, 2.05) is 0 Å². The minimum Gasteiger partial charge on any atom is -0.496 e. The number of anilines is 1. The van der Waals surface area contributed by atoms with Gasteiger partial charge in [-0.2, -0.15) is 0 Å². The molecule has 2 nitrogen and oxygen atoms in total. The molecular formula is C13H12FNO. The van der Waals surface area contributed by atoms with Crippen molar-refractivity contribution in [3.05, 3.63) is 48.3 Å². The quantitative estimate of drug-likeness (QED) is 0.784. The number of halogens is 1. The second kappa shape index (κ2) is 4.23. The van der Waals surface area contributed by atoms with Crippen molar-refractivity contribution < 1.29 is 9.13 Å². The van der Waals surface area contributed by atoms with Gasteiger partial charge in [-0.15, -0.1) is 0 Å². The summed E-state index contributed by atoms with van der Waals surface area (Å²) >= 11 is 0. The van der Waals surface area contributed by atoms with Gasteiger partial charge in [-0.25, -0.2) is 4.39 Å². The Labute approximate surface area is 93.5 Å². The first-order valence-corrected chi connectivity index (χ1v) is 4.91. The average molecular weight is 217 g/mol. The predicted octanol–water partition coefficient (Wildman–Crippen LogP) is 3.08. The van der Waals surface area contributed by atoms with Crippen molar-refractivity contribution in [2.24, 2.45) is 0 Å². The minimum atomic E-state index is -0.302. The van der Waals surface area contributed by atoms with Crippen LogP contribution in [0.2, 0.25) is 0 Å². The van der Waals surface area contributed by atoms with E-state index in [1.54, 1.807) is 36.4 Å². The van der Waals surface area contributed by atoms with E-state index in [1.165, 1.54) is 13.2 Å². The highest BCUT2D eigenvalue weighted by Gasteiger charge is 2.10. The molecule has 0 atom stereocenters. The first-order valence-electron chi connectivity index (χ1n) is 4.91. The number of hydrogen-bond donors (Lipinski definition) is 1. The van der Waals surface area contributed by atoms with Gasteiger partial charge < -0.3 is 10.5 Å². The van der Waals surface area contributed by atoms with E-state index >= 15 is 0 Å². The number of rotatable bonds is 2. The van der Waals surface area contributed by atoms with Crippen molar-refractivity contribution in [3.63, 3.8) is 0 Å². The van der Waals surface area contributed by atoms with Gasteiger partial charge in [0.15, 0.2) is 0 Å². The first-order chi connectivity index (χ1) is 7.72. The monoisotopic (exact) mass is 217 g/mol. The van der Waals surface area contributed by atoms with Gasteiger partial charge in [0.1, 0.15) is 11.6 Å². The van der Waals surface area contributed by atoms with E-state index in [0.717, 1.165) is 5.56 Å². The summed E-state index contributed by atoms with van der Waals surface area (Å²) in [4.78, 5) is 0. The van der Waals surface area contributed by atoms with Crippen LogP contribution in [-0.4, -0.2) is 7.11 Å². The highest BCUT2D eigenvalue weighted by molar-refractivity contribution is 5.72. The Bertz CT molecular complexity index is 494. The molecule has 2 rings (SSSR count). The van der Waals surface area contributed by atoms with E-state index in [-0.39, 0.29) is 5.82 Å². The third-order valence-electron chi connectivity index (χ3n) is 2.39. The van der Waals surface area contributed by atoms with Crippen LogP contribution < -0.4 is 10.5 Å². The molecule has 0 saturated carbocycles. The van der Waals surface area contributed by atoms with Gasteiger partial charge in [0.05, 0.1) is 12.7 Å². The van der Waals surface area contributed by atoms with Crippen molar-refractivity contribution >= 4 is 5.69 Å². The molecule has 0 aliphatic heterocycles. The Morgan fingerprint density at radius 3 is 2.38 bits per heavy atom. The van der Waals surface area contributed by atoms with E-state index in [0.29, 0.717) is 17.0 Å². The topological polar surface area (TPSA) is 35.2 Å². The number of nitrogens with two attached hydrogens (primary N) is 1. The predicted molar refractivity (Wildman–Crippen MR) is 62.8 cm³/mol. The van der Waals surface area contributed by atoms with E-state index in [4.69, 9.17) is 10.5 Å². The zero-order chi connectivity index (χ0) is 11.5. The van der Waals surface area contributed by atoms with Crippen LogP contribution >= 0.6 is 0 Å². The van der Waals surface area contributed by atoms with Crippen LogP contribution in [0.1, 0.15) is 0 Å². The summed E-state index contributed by atoms with van der Waals surface area (Å²) in [5.74, 6) is 0.217.